The summed E-state index contributed by atoms with van der Waals surface area (Å²) in [5.41, 5.74) is 5.04. The second kappa shape index (κ2) is 9.94. The molecule has 0 atom stereocenters. The Hall–Kier alpha value is -3.88. The molecule has 3 aromatic carbocycles. The summed E-state index contributed by atoms with van der Waals surface area (Å²) in [5.74, 6) is -0.178. The fourth-order valence-electron chi connectivity index (χ4n) is 5.02. The number of hydrogen-bond acceptors (Lipinski definition) is 4. The topological polar surface area (TPSA) is 50.6 Å². The molecule has 1 saturated heterocycles. The fourth-order valence-corrected chi connectivity index (χ4v) is 5.02. The number of rotatable bonds is 5. The number of para-hydroxylation sites is 1. The van der Waals surface area contributed by atoms with Crippen molar-refractivity contribution in [2.24, 2.45) is 0 Å². The maximum Gasteiger partial charge on any atom is 0.266 e. The van der Waals surface area contributed by atoms with Crippen molar-refractivity contribution in [3.05, 3.63) is 113 Å². The Morgan fingerprint density at radius 1 is 0.794 bits per heavy atom. The highest BCUT2D eigenvalue weighted by atomic mass is 16.2. The van der Waals surface area contributed by atoms with Gasteiger partial charge in [0.1, 0.15) is 11.6 Å². The van der Waals surface area contributed by atoms with Gasteiger partial charge >= 0.3 is 0 Å². The van der Waals surface area contributed by atoms with E-state index in [2.05, 4.69) is 65.6 Å². The van der Waals surface area contributed by atoms with Crippen molar-refractivity contribution in [2.45, 2.75) is 12.5 Å². The summed E-state index contributed by atoms with van der Waals surface area (Å²) in [6.07, 6.45) is 2.66. The largest absolute Gasteiger partial charge is 0.346 e. The number of carbonyl (C=O) groups excluding carboxylic acids is 1. The van der Waals surface area contributed by atoms with Crippen LogP contribution in [0.1, 0.15) is 22.7 Å². The summed E-state index contributed by atoms with van der Waals surface area (Å²) in [5, 5.41) is 9.77. The van der Waals surface area contributed by atoms with Crippen molar-refractivity contribution < 1.29 is 4.79 Å². The van der Waals surface area contributed by atoms with Crippen LogP contribution in [0.4, 0.5) is 5.69 Å². The van der Waals surface area contributed by atoms with Gasteiger partial charge in [0.2, 0.25) is 0 Å². The first-order valence-electron chi connectivity index (χ1n) is 11.8. The number of carbonyl (C=O) groups is 1. The van der Waals surface area contributed by atoms with Gasteiger partial charge in [-0.1, -0.05) is 78.9 Å². The molecule has 2 aliphatic rings. The highest BCUT2D eigenvalue weighted by Gasteiger charge is 2.30. The Balaban J connectivity index is 1.30. The van der Waals surface area contributed by atoms with Gasteiger partial charge in [0, 0.05) is 44.6 Å². The van der Waals surface area contributed by atoms with E-state index in [0.29, 0.717) is 13.1 Å². The number of piperazine rings is 1. The van der Waals surface area contributed by atoms with Gasteiger partial charge < -0.3 is 9.80 Å². The predicted molar refractivity (Wildman–Crippen MR) is 134 cm³/mol. The summed E-state index contributed by atoms with van der Waals surface area (Å²) in [4.78, 5) is 19.5. The Kier molecular flexibility index (Phi) is 6.42. The normalized spacial score (nSPS) is 16.4. The van der Waals surface area contributed by atoms with Crippen molar-refractivity contribution in [1.29, 1.82) is 5.26 Å². The lowest BCUT2D eigenvalue weighted by Crippen LogP contribution is -2.50. The fraction of sp³-hybridized carbons (Fsp3) is 0.241. The molecule has 2 aliphatic heterocycles. The van der Waals surface area contributed by atoms with Crippen molar-refractivity contribution in [1.82, 2.24) is 9.80 Å². The minimum absolute atomic E-state index is 0.145. The van der Waals surface area contributed by atoms with Crippen molar-refractivity contribution in [2.75, 3.05) is 37.6 Å². The van der Waals surface area contributed by atoms with Gasteiger partial charge in [0.05, 0.1) is 6.04 Å². The van der Waals surface area contributed by atoms with Gasteiger partial charge in [-0.25, -0.2) is 0 Å². The number of nitriles is 1. The zero-order chi connectivity index (χ0) is 23.3. The van der Waals surface area contributed by atoms with Gasteiger partial charge in [-0.05, 0) is 29.2 Å². The van der Waals surface area contributed by atoms with Crippen LogP contribution in [-0.4, -0.2) is 48.4 Å². The zero-order valence-electron chi connectivity index (χ0n) is 19.2. The maximum absolute atomic E-state index is 13.2. The summed E-state index contributed by atoms with van der Waals surface area (Å²) in [6, 6.07) is 31.5. The molecule has 0 aliphatic carbocycles. The minimum atomic E-state index is -0.178. The van der Waals surface area contributed by atoms with Crippen LogP contribution in [0.15, 0.2) is 96.7 Å². The van der Waals surface area contributed by atoms with Gasteiger partial charge in [0.25, 0.3) is 5.91 Å². The maximum atomic E-state index is 13.2. The standard InChI is InChI=1S/C29H28N4O/c30-21-26(22-33-16-15-23-9-7-8-14-27(23)33)29(34)32-19-17-31(18-20-32)28(24-10-3-1-4-11-24)25-12-5-2-6-13-25/h1-14,22,28H,15-20H2/b26-22-. The van der Waals surface area contributed by atoms with Crippen LogP contribution in [0.5, 0.6) is 0 Å². The van der Waals surface area contributed by atoms with E-state index < -0.39 is 0 Å². The van der Waals surface area contributed by atoms with E-state index in [4.69, 9.17) is 0 Å². The Labute approximate surface area is 201 Å². The van der Waals surface area contributed by atoms with E-state index >= 15 is 0 Å². The van der Waals surface area contributed by atoms with Crippen LogP contribution in [0.3, 0.4) is 0 Å². The quantitative estimate of drug-likeness (QED) is 0.429. The average Bonchev–Trinajstić information content (AvgIpc) is 3.31. The molecule has 0 bridgehead atoms. The van der Waals surface area contributed by atoms with Crippen LogP contribution in [0.2, 0.25) is 0 Å². The van der Waals surface area contributed by atoms with Gasteiger partial charge in [-0.2, -0.15) is 5.26 Å². The Morgan fingerprint density at radius 2 is 1.38 bits per heavy atom. The molecule has 0 saturated carbocycles. The molecular formula is C29H28N4O. The Morgan fingerprint density at radius 3 is 2.00 bits per heavy atom. The van der Waals surface area contributed by atoms with E-state index in [9.17, 15) is 10.1 Å². The van der Waals surface area contributed by atoms with E-state index in [1.807, 2.05) is 40.1 Å². The van der Waals surface area contributed by atoms with E-state index in [-0.39, 0.29) is 17.5 Å². The van der Waals surface area contributed by atoms with E-state index in [1.165, 1.54) is 16.7 Å². The van der Waals surface area contributed by atoms with Crippen LogP contribution >= 0.6 is 0 Å². The first-order chi connectivity index (χ1) is 16.7. The van der Waals surface area contributed by atoms with Crippen molar-refractivity contribution in [3.63, 3.8) is 0 Å². The zero-order valence-corrected chi connectivity index (χ0v) is 19.2. The minimum Gasteiger partial charge on any atom is -0.346 e. The number of hydrogen-bond donors (Lipinski definition) is 0. The highest BCUT2D eigenvalue weighted by Crippen LogP contribution is 2.30. The van der Waals surface area contributed by atoms with Crippen molar-refractivity contribution in [3.8, 4) is 6.07 Å². The van der Waals surface area contributed by atoms with Gasteiger partial charge in [-0.3, -0.25) is 9.69 Å². The molecule has 0 radical (unpaired) electrons. The number of anilines is 1. The molecule has 5 rings (SSSR count). The number of nitrogens with zero attached hydrogens (tertiary/aromatic N) is 4. The molecule has 5 heteroatoms. The molecule has 1 fully saturated rings. The summed E-state index contributed by atoms with van der Waals surface area (Å²) >= 11 is 0. The van der Waals surface area contributed by atoms with Gasteiger partial charge in [0.15, 0.2) is 0 Å². The number of fused-ring (bicyclic) bond motifs is 1. The smallest absolute Gasteiger partial charge is 0.266 e. The predicted octanol–water partition coefficient (Wildman–Crippen LogP) is 4.39. The molecule has 34 heavy (non-hydrogen) atoms. The monoisotopic (exact) mass is 448 g/mol. The lowest BCUT2D eigenvalue weighted by molar-refractivity contribution is -0.128. The Bertz CT molecular complexity index is 1170. The third kappa shape index (κ3) is 4.46. The first-order valence-corrected chi connectivity index (χ1v) is 11.8. The van der Waals surface area contributed by atoms with Crippen molar-refractivity contribution >= 4 is 11.6 Å². The molecule has 0 unspecified atom stereocenters. The number of amides is 1. The second-order valence-electron chi connectivity index (χ2n) is 8.78. The lowest BCUT2D eigenvalue weighted by Gasteiger charge is -2.39. The van der Waals surface area contributed by atoms with Crippen LogP contribution in [0, 0.1) is 11.3 Å². The molecule has 3 aromatic rings. The molecule has 170 valence electrons. The lowest BCUT2D eigenvalue weighted by atomic mass is 9.96. The molecule has 5 nitrogen and oxygen atoms in total. The molecule has 0 spiro atoms. The van der Waals surface area contributed by atoms with Gasteiger partial charge in [-0.15, -0.1) is 0 Å². The molecular weight excluding hydrogens is 420 g/mol. The van der Waals surface area contributed by atoms with E-state index in [1.54, 1.807) is 6.20 Å². The summed E-state index contributed by atoms with van der Waals surface area (Å²) in [7, 11) is 0. The molecule has 0 aromatic heterocycles. The molecule has 1 amide bonds. The third-order valence-electron chi connectivity index (χ3n) is 6.76. The third-order valence-corrected chi connectivity index (χ3v) is 6.76. The number of benzene rings is 3. The first kappa shape index (κ1) is 21.9. The summed E-state index contributed by atoms with van der Waals surface area (Å²) in [6.45, 7) is 3.51. The van der Waals surface area contributed by atoms with Crippen LogP contribution < -0.4 is 4.90 Å². The van der Waals surface area contributed by atoms with Crippen LogP contribution in [0.25, 0.3) is 0 Å². The summed E-state index contributed by atoms with van der Waals surface area (Å²) < 4.78 is 0. The highest BCUT2D eigenvalue weighted by molar-refractivity contribution is 5.97. The molecule has 2 heterocycles. The average molecular weight is 449 g/mol. The second-order valence-corrected chi connectivity index (χ2v) is 8.78. The SMILES string of the molecule is N#C/C(=C/N1CCc2ccccc21)C(=O)N1CCN(C(c2ccccc2)c2ccccc2)CC1. The molecule has 0 N–H and O–H groups in total. The van der Waals surface area contributed by atoms with Crippen LogP contribution in [-0.2, 0) is 11.2 Å². The van der Waals surface area contributed by atoms with E-state index in [0.717, 1.165) is 31.7 Å².